The number of carbonyl (C=O) groups is 5. The summed E-state index contributed by atoms with van der Waals surface area (Å²) in [6.07, 6.45) is 0.263. The molecule has 5 amide bonds. The molecule has 230 valence electrons. The number of hydrogen-bond donors (Lipinski definition) is 5. The van der Waals surface area contributed by atoms with Gasteiger partial charge in [0, 0.05) is 32.1 Å². The minimum Gasteiger partial charge on any atom is -0.484 e. The van der Waals surface area contributed by atoms with E-state index in [9.17, 15) is 24.0 Å². The van der Waals surface area contributed by atoms with Crippen molar-refractivity contribution in [3.05, 3.63) is 23.8 Å². The van der Waals surface area contributed by atoms with Gasteiger partial charge in [0.1, 0.15) is 24.6 Å². The lowest BCUT2D eigenvalue weighted by Crippen LogP contribution is -2.50. The fourth-order valence-electron chi connectivity index (χ4n) is 3.39. The van der Waals surface area contributed by atoms with E-state index in [0.29, 0.717) is 18.0 Å². The van der Waals surface area contributed by atoms with E-state index in [1.165, 1.54) is 12.1 Å². The highest BCUT2D eigenvalue weighted by molar-refractivity contribution is 5.91. The molecule has 0 fully saturated rings. The molecule has 0 radical (unpaired) electrons. The number of hydroxylamine groups is 2. The number of ether oxygens (including phenoxy) is 2. The summed E-state index contributed by atoms with van der Waals surface area (Å²) in [5.41, 5.74) is 1.83. The number of likely N-dealkylation sites (N-methyl/N-ethyl adjacent to an activating group) is 2. The summed E-state index contributed by atoms with van der Waals surface area (Å²) in [7, 11) is 3.04. The molecule has 0 aliphatic rings. The lowest BCUT2D eigenvalue weighted by Gasteiger charge is -2.31. The highest BCUT2D eigenvalue weighted by Gasteiger charge is 2.33. The summed E-state index contributed by atoms with van der Waals surface area (Å²) in [5.74, 6) is 3.89. The maximum Gasteiger partial charge on any atom is 0.259 e. The molecule has 1 aromatic rings. The molecule has 41 heavy (non-hydrogen) atoms. The van der Waals surface area contributed by atoms with Crippen LogP contribution >= 0.6 is 0 Å². The quantitative estimate of drug-likeness (QED) is 0.0609. The Morgan fingerprint density at radius 1 is 0.902 bits per heavy atom. The fraction of sp³-hybridized carbons (Fsp3) is 0.577. The van der Waals surface area contributed by atoms with E-state index in [1.807, 2.05) is 19.3 Å². The van der Waals surface area contributed by atoms with Crippen LogP contribution < -0.4 is 36.7 Å². The monoisotopic (exact) mass is 581 g/mol. The van der Waals surface area contributed by atoms with Crippen molar-refractivity contribution in [3.63, 3.8) is 0 Å². The number of hydrazine groups is 1. The molecule has 0 saturated heterocycles. The molecule has 0 bridgehead atoms. The van der Waals surface area contributed by atoms with Gasteiger partial charge in [-0.25, -0.2) is 5.84 Å². The Morgan fingerprint density at radius 3 is 2.00 bits per heavy atom. The molecule has 0 aromatic heterocycles. The van der Waals surface area contributed by atoms with E-state index >= 15 is 0 Å². The minimum atomic E-state index is -0.961. The van der Waals surface area contributed by atoms with Crippen LogP contribution in [-0.2, 0) is 28.8 Å². The SMILES string of the molecule is CCNC(=O)COc1cc(C)cc(OCC(=O)NCN(C)OCCC(C)(C)C(=O)N(CC(=O)NC)CC(=O)NN)c1. The summed E-state index contributed by atoms with van der Waals surface area (Å²) in [6.45, 7) is 6.63. The van der Waals surface area contributed by atoms with Gasteiger partial charge in [-0.3, -0.25) is 34.2 Å². The highest BCUT2D eigenvalue weighted by atomic mass is 16.7. The zero-order valence-electron chi connectivity index (χ0n) is 24.6. The van der Waals surface area contributed by atoms with Crippen molar-refractivity contribution in [1.29, 1.82) is 0 Å². The average Bonchev–Trinajstić information content (AvgIpc) is 2.92. The first-order chi connectivity index (χ1) is 19.3. The molecule has 0 aliphatic heterocycles. The minimum absolute atomic E-state index is 0.0464. The average molecular weight is 582 g/mol. The number of nitrogens with zero attached hydrogens (tertiary/aromatic N) is 2. The van der Waals surface area contributed by atoms with Gasteiger partial charge in [-0.2, -0.15) is 5.06 Å². The standard InChI is InChI=1S/C26H43N7O8/c1-7-29-23(36)15-39-19-10-18(2)11-20(12-19)40-16-24(37)30-17-32(6)41-9-8-26(3,4)25(38)33(13-21(34)28-5)14-22(35)31-27/h10-12H,7-9,13-17,27H2,1-6H3,(H,28,34)(H,29,36)(H,30,37)(H,31,35). The van der Waals surface area contributed by atoms with Gasteiger partial charge in [0.15, 0.2) is 13.2 Å². The number of amides is 5. The Hall–Kier alpha value is -3.95. The van der Waals surface area contributed by atoms with Crippen molar-refractivity contribution < 1.29 is 38.3 Å². The number of nitrogens with one attached hydrogen (secondary N) is 4. The predicted octanol–water partition coefficient (Wildman–Crippen LogP) is -1.19. The number of nitrogens with two attached hydrogens (primary N) is 1. The number of aryl methyl sites for hydroxylation is 1. The van der Waals surface area contributed by atoms with Crippen LogP contribution in [0, 0.1) is 12.3 Å². The Balaban J connectivity index is 2.50. The summed E-state index contributed by atoms with van der Waals surface area (Å²) in [4.78, 5) is 67.2. The van der Waals surface area contributed by atoms with Crippen molar-refractivity contribution in [3.8, 4) is 11.5 Å². The second-order valence-corrected chi connectivity index (χ2v) is 9.77. The van der Waals surface area contributed by atoms with Gasteiger partial charge in [-0.1, -0.05) is 13.8 Å². The molecular formula is C26H43N7O8. The Kier molecular flexibility index (Phi) is 15.1. The zero-order valence-corrected chi connectivity index (χ0v) is 24.6. The van der Waals surface area contributed by atoms with Gasteiger partial charge in [0.05, 0.1) is 13.3 Å². The molecule has 0 aliphatic carbocycles. The van der Waals surface area contributed by atoms with Crippen LogP contribution in [0.1, 0.15) is 32.8 Å². The topological polar surface area (TPSA) is 194 Å². The van der Waals surface area contributed by atoms with Crippen molar-refractivity contribution in [2.45, 2.75) is 34.1 Å². The lowest BCUT2D eigenvalue weighted by atomic mass is 9.88. The van der Waals surface area contributed by atoms with Crippen LogP contribution in [0.3, 0.4) is 0 Å². The van der Waals surface area contributed by atoms with Gasteiger partial charge in [-0.05, 0) is 38.0 Å². The van der Waals surface area contributed by atoms with E-state index in [4.69, 9.17) is 20.2 Å². The molecule has 0 atom stereocenters. The van der Waals surface area contributed by atoms with Gasteiger partial charge < -0.3 is 30.3 Å². The van der Waals surface area contributed by atoms with Gasteiger partial charge in [0.2, 0.25) is 11.8 Å². The third-order valence-corrected chi connectivity index (χ3v) is 5.65. The van der Waals surface area contributed by atoms with Crippen LogP contribution in [-0.4, -0.2) is 99.7 Å². The largest absolute Gasteiger partial charge is 0.484 e. The summed E-state index contributed by atoms with van der Waals surface area (Å²) < 4.78 is 11.0. The molecule has 1 aromatic carbocycles. The number of carbonyl (C=O) groups excluding carboxylic acids is 5. The second kappa shape index (κ2) is 17.7. The first-order valence-electron chi connectivity index (χ1n) is 13.0. The van der Waals surface area contributed by atoms with E-state index < -0.39 is 29.0 Å². The Morgan fingerprint density at radius 2 is 1.46 bits per heavy atom. The maximum absolute atomic E-state index is 13.0. The zero-order chi connectivity index (χ0) is 31.0. The first kappa shape index (κ1) is 35.1. The fourth-order valence-corrected chi connectivity index (χ4v) is 3.39. The van der Waals surface area contributed by atoms with Crippen LogP contribution in [0.15, 0.2) is 18.2 Å². The van der Waals surface area contributed by atoms with Gasteiger partial charge in [0.25, 0.3) is 17.7 Å². The summed E-state index contributed by atoms with van der Waals surface area (Å²) in [6, 6.07) is 5.09. The van der Waals surface area contributed by atoms with Crippen molar-refractivity contribution in [2.75, 3.05) is 60.2 Å². The first-order valence-corrected chi connectivity index (χ1v) is 13.0. The molecular weight excluding hydrogens is 538 g/mol. The number of hydrogen-bond acceptors (Lipinski definition) is 10. The number of rotatable bonds is 18. The van der Waals surface area contributed by atoms with E-state index in [0.717, 1.165) is 10.5 Å². The molecule has 15 heteroatoms. The highest BCUT2D eigenvalue weighted by Crippen LogP contribution is 2.24. The number of benzene rings is 1. The van der Waals surface area contributed by atoms with Crippen molar-refractivity contribution in [2.24, 2.45) is 11.3 Å². The normalized spacial score (nSPS) is 10.9. The third-order valence-electron chi connectivity index (χ3n) is 5.65. The predicted molar refractivity (Wildman–Crippen MR) is 149 cm³/mol. The van der Waals surface area contributed by atoms with Gasteiger partial charge in [-0.15, -0.1) is 0 Å². The van der Waals surface area contributed by atoms with Crippen LogP contribution in [0.4, 0.5) is 0 Å². The molecule has 1 rings (SSSR count). The Bertz CT molecular complexity index is 1030. The Labute approximate surface area is 240 Å². The second-order valence-electron chi connectivity index (χ2n) is 9.77. The van der Waals surface area contributed by atoms with Crippen molar-refractivity contribution >= 4 is 29.5 Å². The van der Waals surface area contributed by atoms with Gasteiger partial charge >= 0.3 is 0 Å². The molecule has 15 nitrogen and oxygen atoms in total. The van der Waals surface area contributed by atoms with Crippen LogP contribution in [0.5, 0.6) is 11.5 Å². The molecule has 0 heterocycles. The molecule has 6 N–H and O–H groups in total. The van der Waals surface area contributed by atoms with E-state index in [-0.39, 0.29) is 51.9 Å². The molecule has 0 saturated carbocycles. The lowest BCUT2D eigenvalue weighted by molar-refractivity contribution is -0.161. The molecule has 0 unspecified atom stereocenters. The third kappa shape index (κ3) is 13.8. The van der Waals surface area contributed by atoms with Crippen molar-refractivity contribution in [1.82, 2.24) is 31.3 Å². The summed E-state index contributed by atoms with van der Waals surface area (Å²) in [5, 5.41) is 9.11. The van der Waals surface area contributed by atoms with E-state index in [2.05, 4.69) is 16.0 Å². The van der Waals surface area contributed by atoms with Crippen LogP contribution in [0.25, 0.3) is 0 Å². The summed E-state index contributed by atoms with van der Waals surface area (Å²) >= 11 is 0. The smallest absolute Gasteiger partial charge is 0.259 e. The maximum atomic E-state index is 13.0. The van der Waals surface area contributed by atoms with Crippen LogP contribution in [0.2, 0.25) is 0 Å². The molecule has 0 spiro atoms. The van der Waals surface area contributed by atoms with E-state index in [1.54, 1.807) is 39.1 Å².